The molecule has 1 aliphatic carbocycles. The molecule has 2 rings (SSSR count). The summed E-state index contributed by atoms with van der Waals surface area (Å²) in [4.78, 5) is 22.7. The Morgan fingerprint density at radius 1 is 1.64 bits per heavy atom. The Kier molecular flexibility index (Phi) is 2.37. The number of carboxylic acid groups (broad SMARTS) is 1. The summed E-state index contributed by atoms with van der Waals surface area (Å²) < 4.78 is 0. The third-order valence-electron chi connectivity index (χ3n) is 2.34. The first-order valence-corrected chi connectivity index (χ1v) is 5.33. The Labute approximate surface area is 85.4 Å². The van der Waals surface area contributed by atoms with Crippen LogP contribution >= 0.6 is 11.3 Å². The molecule has 0 atom stereocenters. The lowest BCUT2D eigenvalue weighted by atomic mass is 10.2. The van der Waals surface area contributed by atoms with Gasteiger partial charge in [-0.05, 0) is 31.2 Å². The molecule has 1 fully saturated rings. The third-order valence-corrected chi connectivity index (χ3v) is 3.42. The van der Waals surface area contributed by atoms with Crippen LogP contribution in [0, 0.1) is 5.92 Å². The molecule has 14 heavy (non-hydrogen) atoms. The Bertz CT molecular complexity index is 377. The predicted octanol–water partition coefficient (Wildman–Crippen LogP) is 2.21. The minimum Gasteiger partial charge on any atom is -0.478 e. The summed E-state index contributed by atoms with van der Waals surface area (Å²) in [5.41, 5.74) is 0.153. The average Bonchev–Trinajstić information content (AvgIpc) is 2.83. The first-order chi connectivity index (χ1) is 6.70. The molecule has 0 unspecified atom stereocenters. The van der Waals surface area contributed by atoms with Crippen LogP contribution in [0.1, 0.15) is 37.7 Å². The van der Waals surface area contributed by atoms with Crippen molar-refractivity contribution in [3.63, 3.8) is 0 Å². The summed E-state index contributed by atoms with van der Waals surface area (Å²) in [5, 5.41) is 8.81. The summed E-state index contributed by atoms with van der Waals surface area (Å²) in [7, 11) is 0. The zero-order valence-electron chi connectivity index (χ0n) is 7.53. The fourth-order valence-electron chi connectivity index (χ4n) is 1.42. The van der Waals surface area contributed by atoms with E-state index in [-0.39, 0.29) is 5.56 Å². The summed E-state index contributed by atoms with van der Waals surface area (Å²) in [6.45, 7) is 0. The van der Waals surface area contributed by atoms with Gasteiger partial charge in [-0.2, -0.15) is 0 Å². The molecule has 0 bridgehead atoms. The van der Waals surface area contributed by atoms with Crippen molar-refractivity contribution in [2.75, 3.05) is 0 Å². The zero-order chi connectivity index (χ0) is 10.1. The highest BCUT2D eigenvalue weighted by Crippen LogP contribution is 2.35. The van der Waals surface area contributed by atoms with Crippen molar-refractivity contribution < 1.29 is 14.7 Å². The molecular weight excluding hydrogens is 200 g/mol. The normalized spacial score (nSPS) is 15.4. The van der Waals surface area contributed by atoms with Gasteiger partial charge < -0.3 is 5.11 Å². The van der Waals surface area contributed by atoms with Crippen molar-refractivity contribution in [1.82, 2.24) is 0 Å². The maximum Gasteiger partial charge on any atom is 0.337 e. The van der Waals surface area contributed by atoms with Gasteiger partial charge >= 0.3 is 5.97 Å². The molecule has 0 saturated heterocycles. The molecule has 0 spiro atoms. The first kappa shape index (κ1) is 9.40. The number of thiophene rings is 1. The van der Waals surface area contributed by atoms with E-state index in [1.54, 1.807) is 6.07 Å². The lowest BCUT2D eigenvalue weighted by Gasteiger charge is -1.89. The maximum atomic E-state index is 10.7. The number of carbonyl (C=O) groups is 2. The van der Waals surface area contributed by atoms with Crippen molar-refractivity contribution in [2.24, 2.45) is 5.92 Å². The highest BCUT2D eigenvalue weighted by molar-refractivity contribution is 7.14. The van der Waals surface area contributed by atoms with E-state index in [4.69, 9.17) is 5.11 Å². The quantitative estimate of drug-likeness (QED) is 0.775. The first-order valence-electron chi connectivity index (χ1n) is 4.52. The van der Waals surface area contributed by atoms with Crippen LogP contribution in [0.15, 0.2) is 6.07 Å². The molecule has 3 nitrogen and oxygen atoms in total. The lowest BCUT2D eigenvalue weighted by molar-refractivity contribution is 0.0694. The molecule has 1 N–H and O–H groups in total. The second kappa shape index (κ2) is 3.53. The van der Waals surface area contributed by atoms with Crippen LogP contribution in [0.5, 0.6) is 0 Å². The molecule has 1 aromatic rings. The van der Waals surface area contributed by atoms with Crippen molar-refractivity contribution in [2.45, 2.75) is 19.3 Å². The van der Waals surface area contributed by atoms with Gasteiger partial charge in [0, 0.05) is 4.88 Å². The minimum atomic E-state index is -1.01. The third kappa shape index (κ3) is 1.85. The van der Waals surface area contributed by atoms with Crippen molar-refractivity contribution >= 4 is 23.6 Å². The smallest absolute Gasteiger partial charge is 0.337 e. The van der Waals surface area contributed by atoms with E-state index in [1.807, 2.05) is 0 Å². The van der Waals surface area contributed by atoms with E-state index >= 15 is 0 Å². The summed E-state index contributed by atoms with van der Waals surface area (Å²) in [5.74, 6) is -0.291. The van der Waals surface area contributed by atoms with Crippen LogP contribution in [0.2, 0.25) is 0 Å². The summed E-state index contributed by atoms with van der Waals surface area (Å²) in [6.07, 6.45) is 4.02. The number of carbonyl (C=O) groups excluding carboxylic acids is 1. The van der Waals surface area contributed by atoms with Gasteiger partial charge in [0.2, 0.25) is 0 Å². The molecule has 0 radical (unpaired) electrons. The van der Waals surface area contributed by atoms with Gasteiger partial charge in [0.1, 0.15) is 0 Å². The van der Waals surface area contributed by atoms with Crippen LogP contribution in [0.25, 0.3) is 0 Å². The van der Waals surface area contributed by atoms with Crippen molar-refractivity contribution in [3.8, 4) is 0 Å². The van der Waals surface area contributed by atoms with Crippen LogP contribution in [-0.2, 0) is 6.42 Å². The van der Waals surface area contributed by atoms with Crippen molar-refractivity contribution in [1.29, 1.82) is 0 Å². The SMILES string of the molecule is O=Cc1sc(CC2CC2)cc1C(=O)O. The molecule has 4 heteroatoms. The van der Waals surface area contributed by atoms with Gasteiger partial charge in [0.05, 0.1) is 10.4 Å². The number of rotatable bonds is 4. The minimum absolute atomic E-state index is 0.153. The zero-order valence-corrected chi connectivity index (χ0v) is 8.34. The van der Waals surface area contributed by atoms with Gasteiger partial charge in [-0.3, -0.25) is 4.79 Å². The van der Waals surface area contributed by atoms with E-state index in [0.29, 0.717) is 11.2 Å². The molecule has 1 heterocycles. The van der Waals surface area contributed by atoms with Crippen LogP contribution in [0.3, 0.4) is 0 Å². The number of aromatic carboxylic acids is 1. The number of aldehydes is 1. The fourth-order valence-corrected chi connectivity index (χ4v) is 2.50. The Balaban J connectivity index is 2.24. The van der Waals surface area contributed by atoms with Gasteiger partial charge in [-0.15, -0.1) is 11.3 Å². The van der Waals surface area contributed by atoms with Crippen LogP contribution in [-0.4, -0.2) is 17.4 Å². The number of hydrogen-bond acceptors (Lipinski definition) is 3. The predicted molar refractivity (Wildman–Crippen MR) is 53.1 cm³/mol. The standard InChI is InChI=1S/C10H10O3S/c11-5-9-8(10(12)13)4-7(14-9)3-6-1-2-6/h4-6H,1-3H2,(H,12,13). The molecule has 74 valence electrons. The van der Waals surface area contributed by atoms with Crippen LogP contribution in [0.4, 0.5) is 0 Å². The number of carboxylic acids is 1. The Morgan fingerprint density at radius 2 is 2.36 bits per heavy atom. The topological polar surface area (TPSA) is 54.4 Å². The molecule has 0 aliphatic heterocycles. The molecule has 1 saturated carbocycles. The van der Waals surface area contributed by atoms with E-state index in [2.05, 4.69) is 0 Å². The van der Waals surface area contributed by atoms with E-state index < -0.39 is 5.97 Å². The van der Waals surface area contributed by atoms with E-state index in [0.717, 1.165) is 17.2 Å². The lowest BCUT2D eigenvalue weighted by Crippen LogP contribution is -1.96. The monoisotopic (exact) mass is 210 g/mol. The highest BCUT2D eigenvalue weighted by atomic mass is 32.1. The highest BCUT2D eigenvalue weighted by Gasteiger charge is 2.24. The van der Waals surface area contributed by atoms with Crippen LogP contribution < -0.4 is 0 Å². The van der Waals surface area contributed by atoms with E-state index in [9.17, 15) is 9.59 Å². The van der Waals surface area contributed by atoms with Gasteiger partial charge in [-0.25, -0.2) is 4.79 Å². The largest absolute Gasteiger partial charge is 0.478 e. The number of hydrogen-bond donors (Lipinski definition) is 1. The molecule has 0 aromatic carbocycles. The van der Waals surface area contributed by atoms with E-state index in [1.165, 1.54) is 24.2 Å². The molecule has 1 aliphatic rings. The summed E-state index contributed by atoms with van der Waals surface area (Å²) >= 11 is 1.31. The van der Waals surface area contributed by atoms with Crippen molar-refractivity contribution in [3.05, 3.63) is 21.4 Å². The average molecular weight is 210 g/mol. The van der Waals surface area contributed by atoms with Gasteiger partial charge in [0.25, 0.3) is 0 Å². The molecular formula is C10H10O3S. The Morgan fingerprint density at radius 3 is 2.79 bits per heavy atom. The Hall–Kier alpha value is -1.16. The summed E-state index contributed by atoms with van der Waals surface area (Å²) in [6, 6.07) is 1.63. The molecule has 1 aromatic heterocycles. The maximum absolute atomic E-state index is 10.7. The fraction of sp³-hybridized carbons (Fsp3) is 0.400. The molecule has 0 amide bonds. The second-order valence-electron chi connectivity index (χ2n) is 3.56. The van der Waals surface area contributed by atoms with Gasteiger partial charge in [0.15, 0.2) is 6.29 Å². The van der Waals surface area contributed by atoms with Gasteiger partial charge in [-0.1, -0.05) is 0 Å². The second-order valence-corrected chi connectivity index (χ2v) is 4.73.